The highest BCUT2D eigenvalue weighted by Crippen LogP contribution is 2.55. The zero-order valence-corrected chi connectivity index (χ0v) is 23.6. The molecule has 11 heteroatoms. The summed E-state index contributed by atoms with van der Waals surface area (Å²) in [4.78, 5) is 42.0. The number of hydrogen-bond acceptors (Lipinski definition) is 10. The van der Waals surface area contributed by atoms with Crippen LogP contribution in [0.15, 0.2) is 52.5 Å². The molecule has 4 aliphatic rings. The van der Waals surface area contributed by atoms with Crippen LogP contribution in [0.5, 0.6) is 11.5 Å². The number of benzene rings is 1. The third kappa shape index (κ3) is 3.64. The number of rotatable bonds is 5. The molecule has 0 aromatic heterocycles. The summed E-state index contributed by atoms with van der Waals surface area (Å²) >= 11 is 0. The largest absolute Gasteiger partial charge is 0.504 e. The highest BCUT2D eigenvalue weighted by Gasteiger charge is 2.63. The highest BCUT2D eigenvalue weighted by molar-refractivity contribution is 6.28. The van der Waals surface area contributed by atoms with Crippen LogP contribution in [-0.4, -0.2) is 64.8 Å². The molecule has 42 heavy (non-hydrogen) atoms. The normalized spacial score (nSPS) is 29.4. The first-order valence-corrected chi connectivity index (χ1v) is 13.9. The van der Waals surface area contributed by atoms with Gasteiger partial charge in [-0.25, -0.2) is 0 Å². The predicted molar refractivity (Wildman–Crippen MR) is 151 cm³/mol. The molecular formula is C31H32N2O9. The summed E-state index contributed by atoms with van der Waals surface area (Å²) in [6.45, 7) is 5.46. The number of Topliss-reactive ketones (excluding diaryl/α,β-unsaturated/α-hetero) is 1. The Kier molecular flexibility index (Phi) is 6.54. The maximum absolute atomic E-state index is 14.1. The molecule has 3 aliphatic heterocycles. The molecule has 1 fully saturated rings. The lowest BCUT2D eigenvalue weighted by atomic mass is 9.82. The van der Waals surface area contributed by atoms with Crippen molar-refractivity contribution >= 4 is 23.0 Å². The maximum Gasteiger partial charge on any atom is 0.250 e. The number of nitrogens with zero attached hydrogens (tertiary/aromatic N) is 1. The fourth-order valence-electron chi connectivity index (χ4n) is 6.78. The van der Waals surface area contributed by atoms with Crippen LogP contribution in [0.25, 0.3) is 5.57 Å². The zero-order chi connectivity index (χ0) is 30.2. The Morgan fingerprint density at radius 3 is 2.60 bits per heavy atom. The first-order valence-electron chi connectivity index (χ1n) is 13.9. The van der Waals surface area contributed by atoms with Crippen LogP contribution in [0.1, 0.15) is 65.5 Å². The van der Waals surface area contributed by atoms with Crippen LogP contribution in [0.3, 0.4) is 0 Å². The number of nitrogens with two attached hydrogens (primary N) is 1. The summed E-state index contributed by atoms with van der Waals surface area (Å²) in [6, 6.07) is 7.53. The molecule has 2 aromatic rings. The van der Waals surface area contributed by atoms with Crippen LogP contribution >= 0.6 is 0 Å². The van der Waals surface area contributed by atoms with Crippen molar-refractivity contribution in [3.63, 3.8) is 0 Å². The van der Waals surface area contributed by atoms with Gasteiger partial charge in [-0.3, -0.25) is 14.4 Å². The Bertz CT molecular complexity index is 1660. The molecule has 6 rings (SSSR count). The third-order valence-electron chi connectivity index (χ3n) is 8.61. The standard InChI is InChI=1S/C31H32N2O9/c1-5-8-19-22-16(11-13(2)33(19)18-10-7-6-9-15(18)29(32)38)21-17(24(22)35)12-20(34)23-27(25(21)36)42-30-31(23,39)28(37)26(40-4)14(3)41-30/h6-7,9-14,26,28,30,36-37,39H,5,8H2,1-4H3,(H2,32,38)/t13?,14-,26-,28-,30-,31+/m1/s1. The van der Waals surface area contributed by atoms with E-state index in [1.165, 1.54) is 7.11 Å². The second kappa shape index (κ2) is 9.77. The lowest BCUT2D eigenvalue weighted by molar-refractivity contribution is -0.310. The molecule has 5 N–H and O–H groups in total. The molecule has 6 atom stereocenters. The molecule has 1 aliphatic carbocycles. The van der Waals surface area contributed by atoms with Gasteiger partial charge in [0.15, 0.2) is 28.3 Å². The van der Waals surface area contributed by atoms with Gasteiger partial charge in [-0.05, 0) is 44.0 Å². The van der Waals surface area contributed by atoms with Crippen molar-refractivity contribution in [3.8, 4) is 11.5 Å². The second-order valence-corrected chi connectivity index (χ2v) is 11.1. The van der Waals surface area contributed by atoms with Crippen molar-refractivity contribution in [2.45, 2.75) is 69.9 Å². The zero-order valence-electron chi connectivity index (χ0n) is 23.6. The summed E-state index contributed by atoms with van der Waals surface area (Å²) in [5, 5.41) is 34.5. The molecule has 0 saturated carbocycles. The van der Waals surface area contributed by atoms with Gasteiger partial charge in [-0.1, -0.05) is 31.6 Å². The van der Waals surface area contributed by atoms with Gasteiger partial charge in [0.2, 0.25) is 6.29 Å². The number of amides is 1. The van der Waals surface area contributed by atoms with Crippen molar-refractivity contribution in [2.75, 3.05) is 12.0 Å². The Labute approximate surface area is 241 Å². The highest BCUT2D eigenvalue weighted by atomic mass is 16.7. The number of hydrogen-bond donors (Lipinski definition) is 4. The number of fused-ring (bicyclic) bond motifs is 6. The lowest BCUT2D eigenvalue weighted by Crippen LogP contribution is -2.63. The topological polar surface area (TPSA) is 169 Å². The van der Waals surface area contributed by atoms with Gasteiger partial charge in [-0.15, -0.1) is 0 Å². The average Bonchev–Trinajstić information content (AvgIpc) is 3.35. The molecule has 1 saturated heterocycles. The monoisotopic (exact) mass is 576 g/mol. The van der Waals surface area contributed by atoms with Gasteiger partial charge in [0.05, 0.1) is 29.0 Å². The van der Waals surface area contributed by atoms with Crippen LogP contribution in [0, 0.1) is 0 Å². The van der Waals surface area contributed by atoms with Gasteiger partial charge >= 0.3 is 0 Å². The van der Waals surface area contributed by atoms with E-state index < -0.39 is 64.7 Å². The Morgan fingerprint density at radius 2 is 1.93 bits per heavy atom. The van der Waals surface area contributed by atoms with Crippen molar-refractivity contribution in [3.05, 3.63) is 80.2 Å². The number of anilines is 1. The Balaban J connectivity index is 1.58. The number of aromatic hydroxyl groups is 1. The Morgan fingerprint density at radius 1 is 1.21 bits per heavy atom. The minimum absolute atomic E-state index is 0.0642. The number of ketones is 1. The van der Waals surface area contributed by atoms with E-state index in [4.69, 9.17) is 19.9 Å². The van der Waals surface area contributed by atoms with Gasteiger partial charge in [-0.2, -0.15) is 0 Å². The van der Waals surface area contributed by atoms with Crippen LogP contribution in [0.2, 0.25) is 0 Å². The van der Waals surface area contributed by atoms with E-state index in [-0.39, 0.29) is 22.4 Å². The number of ether oxygens (including phenoxy) is 3. The molecule has 1 unspecified atom stereocenters. The van der Waals surface area contributed by atoms with Gasteiger partial charge < -0.3 is 40.2 Å². The summed E-state index contributed by atoms with van der Waals surface area (Å²) in [6.07, 6.45) is -1.94. The molecule has 0 bridgehead atoms. The number of allylic oxidation sites excluding steroid dienone is 3. The molecule has 1 amide bonds. The quantitative estimate of drug-likeness (QED) is 0.414. The first-order chi connectivity index (χ1) is 20.0. The van der Waals surface area contributed by atoms with E-state index >= 15 is 0 Å². The van der Waals surface area contributed by atoms with E-state index in [0.29, 0.717) is 35.4 Å². The molecule has 2 aromatic carbocycles. The van der Waals surface area contributed by atoms with Crippen LogP contribution < -0.4 is 20.8 Å². The van der Waals surface area contributed by atoms with Crippen LogP contribution in [0.4, 0.5) is 5.69 Å². The van der Waals surface area contributed by atoms with E-state index in [1.54, 1.807) is 37.3 Å². The number of carbonyl (C=O) groups excluding carboxylic acids is 2. The van der Waals surface area contributed by atoms with Crippen molar-refractivity contribution < 1.29 is 39.1 Å². The molecule has 220 valence electrons. The Hall–Kier alpha value is -4.03. The van der Waals surface area contributed by atoms with Crippen molar-refractivity contribution in [1.29, 1.82) is 0 Å². The van der Waals surface area contributed by atoms with E-state index in [9.17, 15) is 29.7 Å². The summed E-state index contributed by atoms with van der Waals surface area (Å²) in [7, 11) is 1.34. The molecule has 3 heterocycles. The SMILES string of the molecule is CCCC1=C2C(=O)c3cc(=O)c4c(c(O)c3C2=CC(C)N1c1ccccc1C(N)=O)O[C@H]1O[C@H](C)[C@@H](OC)[C@@H](O)[C@@]41O. The van der Waals surface area contributed by atoms with Crippen molar-refractivity contribution in [1.82, 2.24) is 0 Å². The lowest BCUT2D eigenvalue weighted by Gasteiger charge is -2.44. The second-order valence-electron chi connectivity index (χ2n) is 11.1. The first kappa shape index (κ1) is 28.1. The average molecular weight is 577 g/mol. The maximum atomic E-state index is 14.1. The van der Waals surface area contributed by atoms with E-state index in [0.717, 1.165) is 6.07 Å². The fourth-order valence-corrected chi connectivity index (χ4v) is 6.78. The summed E-state index contributed by atoms with van der Waals surface area (Å²) in [5.41, 5.74) is 4.27. The van der Waals surface area contributed by atoms with E-state index in [2.05, 4.69) is 0 Å². The minimum Gasteiger partial charge on any atom is -0.504 e. The third-order valence-corrected chi connectivity index (χ3v) is 8.61. The number of methoxy groups -OCH3 is 1. The van der Waals surface area contributed by atoms with E-state index in [1.807, 2.05) is 18.7 Å². The molecule has 0 radical (unpaired) electrons. The number of aliphatic hydroxyl groups excluding tert-OH is 1. The number of carbonyl (C=O) groups is 2. The minimum atomic E-state index is -2.36. The predicted octanol–water partition coefficient (Wildman–Crippen LogP) is 2.09. The molecular weight excluding hydrogens is 544 g/mol. The van der Waals surface area contributed by atoms with Gasteiger partial charge in [0.1, 0.15) is 12.2 Å². The van der Waals surface area contributed by atoms with Gasteiger partial charge in [0.25, 0.3) is 5.91 Å². The number of aliphatic hydroxyl groups is 2. The fraction of sp³-hybridized carbons (Fsp3) is 0.387. The summed E-state index contributed by atoms with van der Waals surface area (Å²) < 4.78 is 16.9. The molecule has 11 nitrogen and oxygen atoms in total. The smallest absolute Gasteiger partial charge is 0.250 e. The number of primary amides is 1. The summed E-state index contributed by atoms with van der Waals surface area (Å²) in [5.74, 6) is -2.00. The van der Waals surface area contributed by atoms with Crippen LogP contribution in [-0.2, 0) is 15.1 Å². The van der Waals surface area contributed by atoms with Gasteiger partial charge in [0, 0.05) is 29.5 Å². The molecule has 0 spiro atoms. The van der Waals surface area contributed by atoms with Crippen molar-refractivity contribution in [2.24, 2.45) is 5.73 Å². The number of para-hydroxylation sites is 1.